The van der Waals surface area contributed by atoms with Crippen LogP contribution in [0.4, 0.5) is 0 Å². The Morgan fingerprint density at radius 2 is 1.55 bits per heavy atom. The smallest absolute Gasteiger partial charge is 0.216 e. The number of benzene rings is 2. The van der Waals surface area contributed by atoms with Crippen molar-refractivity contribution in [1.29, 1.82) is 0 Å². The topological polar surface area (TPSA) is 34.1 Å². The molecule has 0 spiro atoms. The van der Waals surface area contributed by atoms with Crippen molar-refractivity contribution in [2.75, 3.05) is 0 Å². The number of hydrogen-bond acceptors (Lipinski definition) is 2. The fourth-order valence-corrected chi connectivity index (χ4v) is 2.81. The van der Waals surface area contributed by atoms with E-state index >= 15 is 0 Å². The van der Waals surface area contributed by atoms with Crippen LogP contribution >= 0.6 is 23.2 Å². The Kier molecular flexibility index (Phi) is 3.20. The third-order valence-corrected chi connectivity index (χ3v) is 3.84. The molecule has 1 aliphatic carbocycles. The second kappa shape index (κ2) is 4.89. The highest BCUT2D eigenvalue weighted by Gasteiger charge is 2.28. The van der Waals surface area contributed by atoms with Crippen LogP contribution in [0.5, 0.6) is 0 Å². The van der Waals surface area contributed by atoms with Gasteiger partial charge >= 0.3 is 0 Å². The molecular formula is C16H8Cl2O2. The Labute approximate surface area is 125 Å². The molecule has 3 rings (SSSR count). The lowest BCUT2D eigenvalue weighted by molar-refractivity contribution is -0.113. The van der Waals surface area contributed by atoms with Gasteiger partial charge in [0.2, 0.25) is 5.78 Å². The Hall–Kier alpha value is -1.90. The summed E-state index contributed by atoms with van der Waals surface area (Å²) in [5.41, 5.74) is 0.852. The van der Waals surface area contributed by atoms with Crippen molar-refractivity contribution in [2.24, 2.45) is 0 Å². The maximum atomic E-state index is 12.1. The molecule has 20 heavy (non-hydrogen) atoms. The third-order valence-electron chi connectivity index (χ3n) is 3.20. The van der Waals surface area contributed by atoms with Gasteiger partial charge in [-0.05, 0) is 16.3 Å². The summed E-state index contributed by atoms with van der Waals surface area (Å²) >= 11 is 11.7. The Balaban J connectivity index is 2.31. The summed E-state index contributed by atoms with van der Waals surface area (Å²) in [7, 11) is 0. The van der Waals surface area contributed by atoms with E-state index in [1.807, 2.05) is 36.4 Å². The first-order chi connectivity index (χ1) is 9.59. The molecule has 2 nitrogen and oxygen atoms in total. The molecule has 2 aromatic carbocycles. The van der Waals surface area contributed by atoms with Gasteiger partial charge in [0, 0.05) is 6.08 Å². The molecule has 0 amide bonds. The van der Waals surface area contributed by atoms with E-state index in [1.54, 1.807) is 6.07 Å². The minimum absolute atomic E-state index is 0.126. The summed E-state index contributed by atoms with van der Waals surface area (Å²) < 4.78 is 0. The first kappa shape index (κ1) is 13.1. The van der Waals surface area contributed by atoms with Gasteiger partial charge in [-0.1, -0.05) is 65.7 Å². The molecule has 0 bridgehead atoms. The quantitative estimate of drug-likeness (QED) is 0.744. The molecule has 0 heterocycles. The van der Waals surface area contributed by atoms with Crippen molar-refractivity contribution in [1.82, 2.24) is 0 Å². The lowest BCUT2D eigenvalue weighted by Crippen LogP contribution is -2.13. The maximum absolute atomic E-state index is 12.1. The average Bonchev–Trinajstić information content (AvgIpc) is 2.45. The van der Waals surface area contributed by atoms with Crippen LogP contribution < -0.4 is 0 Å². The molecule has 0 fully saturated rings. The van der Waals surface area contributed by atoms with Crippen LogP contribution in [0.25, 0.3) is 16.3 Å². The predicted octanol–water partition coefficient (Wildman–Crippen LogP) is 4.06. The van der Waals surface area contributed by atoms with E-state index < -0.39 is 5.78 Å². The van der Waals surface area contributed by atoms with Crippen LogP contribution in [0.15, 0.2) is 58.6 Å². The molecule has 0 radical (unpaired) electrons. The maximum Gasteiger partial charge on any atom is 0.216 e. The van der Waals surface area contributed by atoms with E-state index in [2.05, 4.69) is 0 Å². The number of carbonyl (C=O) groups is 2. The summed E-state index contributed by atoms with van der Waals surface area (Å²) in [6.45, 7) is 0. The highest BCUT2D eigenvalue weighted by Crippen LogP contribution is 2.34. The van der Waals surface area contributed by atoms with Gasteiger partial charge < -0.3 is 0 Å². The van der Waals surface area contributed by atoms with Crippen molar-refractivity contribution in [3.05, 3.63) is 64.2 Å². The van der Waals surface area contributed by atoms with Crippen molar-refractivity contribution in [3.8, 4) is 0 Å². The van der Waals surface area contributed by atoms with Crippen LogP contribution in [-0.4, -0.2) is 11.6 Å². The van der Waals surface area contributed by atoms with Gasteiger partial charge in [0.1, 0.15) is 5.03 Å². The first-order valence-electron chi connectivity index (χ1n) is 5.93. The second-order valence-electron chi connectivity index (χ2n) is 4.40. The number of Topliss-reactive ketones (excluding diaryl/α,β-unsaturated/α-hetero) is 1. The summed E-state index contributed by atoms with van der Waals surface area (Å²) in [6.07, 6.45) is 1.12. The van der Waals surface area contributed by atoms with E-state index in [4.69, 9.17) is 23.2 Å². The summed E-state index contributed by atoms with van der Waals surface area (Å²) in [6, 6.07) is 13.1. The molecule has 0 saturated heterocycles. The zero-order chi connectivity index (χ0) is 14.3. The summed E-state index contributed by atoms with van der Waals surface area (Å²) in [5, 5.41) is 1.57. The predicted molar refractivity (Wildman–Crippen MR) is 80.7 cm³/mol. The first-order valence-corrected chi connectivity index (χ1v) is 6.69. The van der Waals surface area contributed by atoms with E-state index in [9.17, 15) is 9.59 Å². The number of hydrogen-bond donors (Lipinski definition) is 0. The Bertz CT molecular complexity index is 811. The molecule has 0 aromatic heterocycles. The summed E-state index contributed by atoms with van der Waals surface area (Å²) in [4.78, 5) is 24.0. The van der Waals surface area contributed by atoms with E-state index in [-0.39, 0.29) is 21.4 Å². The molecule has 98 valence electrons. The number of allylic oxidation sites excluding steroid dienone is 4. The van der Waals surface area contributed by atoms with Crippen LogP contribution in [0, 0.1) is 0 Å². The molecule has 1 aliphatic rings. The monoisotopic (exact) mass is 302 g/mol. The van der Waals surface area contributed by atoms with Gasteiger partial charge in [0.05, 0.1) is 10.6 Å². The highest BCUT2D eigenvalue weighted by atomic mass is 35.5. The van der Waals surface area contributed by atoms with Crippen molar-refractivity contribution in [2.45, 2.75) is 0 Å². The zero-order valence-electron chi connectivity index (χ0n) is 10.2. The molecular weight excluding hydrogens is 295 g/mol. The van der Waals surface area contributed by atoms with Gasteiger partial charge in [0.25, 0.3) is 0 Å². The molecule has 0 aliphatic heterocycles. The fraction of sp³-hybridized carbons (Fsp3) is 0. The Morgan fingerprint density at radius 1 is 0.850 bits per heavy atom. The molecule has 2 aromatic rings. The number of carbonyl (C=O) groups excluding carboxylic acids is 2. The fourth-order valence-electron chi connectivity index (χ4n) is 2.27. The average molecular weight is 303 g/mol. The minimum Gasteiger partial charge on any atom is -0.289 e. The molecule has 0 unspecified atom stereocenters. The molecule has 4 heteroatoms. The van der Waals surface area contributed by atoms with Crippen LogP contribution in [-0.2, 0) is 9.59 Å². The number of ketones is 2. The lowest BCUT2D eigenvalue weighted by Gasteiger charge is -2.14. The van der Waals surface area contributed by atoms with Crippen molar-refractivity contribution < 1.29 is 9.59 Å². The van der Waals surface area contributed by atoms with Crippen molar-refractivity contribution in [3.63, 3.8) is 0 Å². The van der Waals surface area contributed by atoms with Gasteiger partial charge in [-0.15, -0.1) is 0 Å². The minimum atomic E-state index is -0.518. The van der Waals surface area contributed by atoms with Crippen molar-refractivity contribution >= 4 is 51.1 Å². The largest absolute Gasteiger partial charge is 0.289 e. The highest BCUT2D eigenvalue weighted by molar-refractivity contribution is 6.62. The third kappa shape index (κ3) is 1.98. The van der Waals surface area contributed by atoms with Crippen LogP contribution in [0.2, 0.25) is 0 Å². The van der Waals surface area contributed by atoms with Crippen LogP contribution in [0.1, 0.15) is 5.56 Å². The zero-order valence-corrected chi connectivity index (χ0v) is 11.7. The lowest BCUT2D eigenvalue weighted by atomic mass is 9.92. The molecule has 0 saturated carbocycles. The molecule has 0 atom stereocenters. The van der Waals surface area contributed by atoms with E-state index in [1.165, 1.54) is 0 Å². The number of halogens is 2. The second-order valence-corrected chi connectivity index (χ2v) is 5.19. The molecule has 0 N–H and O–H groups in total. The van der Waals surface area contributed by atoms with Crippen LogP contribution in [0.3, 0.4) is 0 Å². The van der Waals surface area contributed by atoms with Gasteiger partial charge in [0.15, 0.2) is 5.78 Å². The van der Waals surface area contributed by atoms with Gasteiger partial charge in [-0.2, -0.15) is 0 Å². The normalized spacial score (nSPS) is 15.8. The SMILES string of the molecule is O=C1C=C(Cl)C(=O)C(Cl)=C1c1cccc2ccccc12. The van der Waals surface area contributed by atoms with Gasteiger partial charge in [-0.3, -0.25) is 9.59 Å². The Morgan fingerprint density at radius 3 is 2.35 bits per heavy atom. The van der Waals surface area contributed by atoms with E-state index in [0.717, 1.165) is 16.8 Å². The van der Waals surface area contributed by atoms with E-state index in [0.29, 0.717) is 5.56 Å². The number of fused-ring (bicyclic) bond motifs is 1. The number of rotatable bonds is 1. The van der Waals surface area contributed by atoms with Gasteiger partial charge in [-0.25, -0.2) is 0 Å². The summed E-state index contributed by atoms with van der Waals surface area (Å²) in [5.74, 6) is -0.869. The standard InChI is InChI=1S/C16H8Cl2O2/c17-12-8-13(19)14(15(18)16(12)20)11-7-3-5-9-4-1-2-6-10(9)11/h1-8H.